The van der Waals surface area contributed by atoms with E-state index in [2.05, 4.69) is 4.57 Å². The molecule has 8 heteroatoms. The normalized spacial score (nSPS) is 15.5. The van der Waals surface area contributed by atoms with Crippen molar-refractivity contribution in [3.8, 4) is 22.8 Å². The highest BCUT2D eigenvalue weighted by atomic mass is 16.5. The molecule has 1 aliphatic heterocycles. The number of ether oxygens (including phenoxy) is 3. The number of rotatable bonds is 4. The summed E-state index contributed by atoms with van der Waals surface area (Å²) in [4.78, 5) is 26.3. The first-order chi connectivity index (χ1) is 16.0. The molecule has 0 amide bonds. The quantitative estimate of drug-likeness (QED) is 0.481. The molecule has 0 saturated carbocycles. The lowest BCUT2D eigenvalue weighted by atomic mass is 10.0. The largest absolute Gasteiger partial charge is 0.493 e. The van der Waals surface area contributed by atoms with Crippen LogP contribution in [0.5, 0.6) is 11.5 Å². The molecule has 170 valence electrons. The first-order valence-electron chi connectivity index (χ1n) is 10.7. The Kier molecular flexibility index (Phi) is 5.09. The molecule has 2 aromatic heterocycles. The van der Waals surface area contributed by atoms with Crippen molar-refractivity contribution >= 4 is 10.9 Å². The number of benzene rings is 2. The zero-order valence-electron chi connectivity index (χ0n) is 19.0. The van der Waals surface area contributed by atoms with Crippen LogP contribution >= 0.6 is 0 Å². The van der Waals surface area contributed by atoms with Gasteiger partial charge in [-0.2, -0.15) is 0 Å². The summed E-state index contributed by atoms with van der Waals surface area (Å²) in [5, 5.41) is 0.511. The van der Waals surface area contributed by atoms with Crippen molar-refractivity contribution in [1.82, 2.24) is 13.7 Å². The molecule has 0 unspecified atom stereocenters. The van der Waals surface area contributed by atoms with E-state index in [1.165, 1.54) is 11.6 Å². The monoisotopic (exact) mass is 447 g/mol. The van der Waals surface area contributed by atoms with Gasteiger partial charge in [-0.05, 0) is 23.3 Å². The maximum absolute atomic E-state index is 13.4. The predicted molar refractivity (Wildman–Crippen MR) is 125 cm³/mol. The van der Waals surface area contributed by atoms with E-state index in [1.807, 2.05) is 48.5 Å². The van der Waals surface area contributed by atoms with Crippen LogP contribution in [-0.2, 0) is 25.4 Å². The molecule has 0 N–H and O–H groups in total. The van der Waals surface area contributed by atoms with Crippen molar-refractivity contribution in [1.29, 1.82) is 0 Å². The van der Waals surface area contributed by atoms with Crippen LogP contribution in [0, 0.1) is 0 Å². The summed E-state index contributed by atoms with van der Waals surface area (Å²) in [7, 11) is 6.38. The van der Waals surface area contributed by atoms with Crippen molar-refractivity contribution in [2.75, 3.05) is 20.8 Å². The van der Waals surface area contributed by atoms with E-state index in [9.17, 15) is 9.59 Å². The maximum atomic E-state index is 13.4. The molecule has 33 heavy (non-hydrogen) atoms. The van der Waals surface area contributed by atoms with Crippen LogP contribution in [0.25, 0.3) is 22.2 Å². The molecule has 3 heterocycles. The minimum Gasteiger partial charge on any atom is -0.493 e. The molecule has 1 aliphatic rings. The topological polar surface area (TPSA) is 76.6 Å². The fourth-order valence-electron chi connectivity index (χ4n) is 4.75. The van der Waals surface area contributed by atoms with E-state index in [0.29, 0.717) is 35.6 Å². The first-order valence-corrected chi connectivity index (χ1v) is 10.7. The second-order valence-corrected chi connectivity index (χ2v) is 8.05. The van der Waals surface area contributed by atoms with Crippen LogP contribution in [0.1, 0.15) is 17.4 Å². The lowest BCUT2D eigenvalue weighted by Gasteiger charge is -2.28. The molecule has 0 bridgehead atoms. The number of aryl methyl sites for hydroxylation is 1. The Morgan fingerprint density at radius 2 is 1.67 bits per heavy atom. The maximum Gasteiger partial charge on any atom is 0.331 e. The van der Waals surface area contributed by atoms with Gasteiger partial charge in [0.05, 0.1) is 43.1 Å². The molecular weight excluding hydrogens is 422 g/mol. The molecule has 8 nitrogen and oxygen atoms in total. The Morgan fingerprint density at radius 3 is 2.36 bits per heavy atom. The molecule has 0 aliphatic carbocycles. The van der Waals surface area contributed by atoms with E-state index >= 15 is 0 Å². The Bertz CT molecular complexity index is 1480. The van der Waals surface area contributed by atoms with E-state index in [1.54, 1.807) is 21.3 Å². The summed E-state index contributed by atoms with van der Waals surface area (Å²) in [5.74, 6) is 1.20. The Hall–Kier alpha value is -3.78. The van der Waals surface area contributed by atoms with Gasteiger partial charge in [-0.25, -0.2) is 4.79 Å². The van der Waals surface area contributed by atoms with Gasteiger partial charge in [0, 0.05) is 20.6 Å². The summed E-state index contributed by atoms with van der Waals surface area (Å²) in [5.41, 5.74) is 3.22. The van der Waals surface area contributed by atoms with Gasteiger partial charge in [0.2, 0.25) is 0 Å². The summed E-state index contributed by atoms with van der Waals surface area (Å²) in [6.45, 7) is 1.02. The average Bonchev–Trinajstić information content (AvgIpc) is 3.21. The van der Waals surface area contributed by atoms with Crippen LogP contribution in [0.4, 0.5) is 0 Å². The second kappa shape index (κ2) is 7.97. The van der Waals surface area contributed by atoms with Gasteiger partial charge in [-0.1, -0.05) is 36.4 Å². The zero-order valence-corrected chi connectivity index (χ0v) is 19.0. The fraction of sp³-hybridized carbons (Fsp3) is 0.280. The van der Waals surface area contributed by atoms with Gasteiger partial charge >= 0.3 is 5.69 Å². The number of methoxy groups -OCH3 is 2. The molecule has 2 aromatic carbocycles. The van der Waals surface area contributed by atoms with Crippen molar-refractivity contribution in [3.63, 3.8) is 0 Å². The summed E-state index contributed by atoms with van der Waals surface area (Å²) >= 11 is 0. The molecule has 1 atom stereocenters. The average molecular weight is 447 g/mol. The molecular formula is C25H25N3O5. The Labute approximate surface area is 190 Å². The van der Waals surface area contributed by atoms with Crippen molar-refractivity contribution < 1.29 is 14.2 Å². The van der Waals surface area contributed by atoms with E-state index in [4.69, 9.17) is 14.2 Å². The highest BCUT2D eigenvalue weighted by Crippen LogP contribution is 2.42. The van der Waals surface area contributed by atoms with Crippen LogP contribution < -0.4 is 20.7 Å². The van der Waals surface area contributed by atoms with Gasteiger partial charge in [-0.3, -0.25) is 13.9 Å². The number of hydrogen-bond acceptors (Lipinski definition) is 5. The summed E-state index contributed by atoms with van der Waals surface area (Å²) < 4.78 is 21.9. The molecule has 5 rings (SSSR count). The highest BCUT2D eigenvalue weighted by molar-refractivity contribution is 5.96. The molecule has 0 spiro atoms. The lowest BCUT2D eigenvalue weighted by molar-refractivity contribution is 0.0477. The van der Waals surface area contributed by atoms with E-state index in [0.717, 1.165) is 27.1 Å². The first kappa shape index (κ1) is 21.1. The molecule has 0 fully saturated rings. The fourth-order valence-corrected chi connectivity index (χ4v) is 4.75. The van der Waals surface area contributed by atoms with Crippen LogP contribution in [0.3, 0.4) is 0 Å². The van der Waals surface area contributed by atoms with Gasteiger partial charge in [0.25, 0.3) is 5.56 Å². The predicted octanol–water partition coefficient (Wildman–Crippen LogP) is 2.84. The Morgan fingerprint density at radius 1 is 0.939 bits per heavy atom. The van der Waals surface area contributed by atoms with Crippen molar-refractivity contribution in [2.24, 2.45) is 14.1 Å². The van der Waals surface area contributed by atoms with Gasteiger partial charge in [-0.15, -0.1) is 0 Å². The molecule has 0 radical (unpaired) electrons. The van der Waals surface area contributed by atoms with Crippen LogP contribution in [0.2, 0.25) is 0 Å². The molecule has 0 saturated heterocycles. The van der Waals surface area contributed by atoms with E-state index in [-0.39, 0.29) is 11.2 Å². The summed E-state index contributed by atoms with van der Waals surface area (Å²) in [6, 6.07) is 15.4. The highest BCUT2D eigenvalue weighted by Gasteiger charge is 2.33. The standard InChI is InChI=1S/C25H25N3O5/c1-26-21-19(24(29)27(2)25(26)30)20(15-8-6-5-7-9-15)28-12-13-33-23(22(21)28)16-10-11-17(31-3)18(14-16)32-4/h5-11,14,23H,12-13H2,1-4H3/t23-/m1/s1. The van der Waals surface area contributed by atoms with Gasteiger partial charge < -0.3 is 18.8 Å². The third kappa shape index (κ3) is 3.09. The van der Waals surface area contributed by atoms with Crippen molar-refractivity contribution in [2.45, 2.75) is 12.6 Å². The number of hydrogen-bond donors (Lipinski definition) is 0. The zero-order chi connectivity index (χ0) is 23.3. The SMILES string of the molecule is COc1ccc([C@H]2OCCn3c(-c4ccccc4)c4c(=O)n(C)c(=O)n(C)c4c32)cc1OC. The Balaban J connectivity index is 1.89. The van der Waals surface area contributed by atoms with Crippen LogP contribution in [-0.4, -0.2) is 34.5 Å². The summed E-state index contributed by atoms with van der Waals surface area (Å²) in [6.07, 6.45) is -0.490. The third-order valence-corrected chi connectivity index (χ3v) is 6.31. The number of aromatic nitrogens is 3. The lowest BCUT2D eigenvalue weighted by Crippen LogP contribution is -2.37. The van der Waals surface area contributed by atoms with Gasteiger partial charge in [0.1, 0.15) is 6.10 Å². The second-order valence-electron chi connectivity index (χ2n) is 8.05. The van der Waals surface area contributed by atoms with Gasteiger partial charge in [0.15, 0.2) is 11.5 Å². The van der Waals surface area contributed by atoms with Crippen molar-refractivity contribution in [3.05, 3.63) is 80.6 Å². The minimum atomic E-state index is -0.490. The number of fused-ring (bicyclic) bond motifs is 3. The third-order valence-electron chi connectivity index (χ3n) is 6.31. The minimum absolute atomic E-state index is 0.320. The van der Waals surface area contributed by atoms with Crippen LogP contribution in [0.15, 0.2) is 58.1 Å². The smallest absolute Gasteiger partial charge is 0.331 e. The molecule has 4 aromatic rings. The number of nitrogens with zero attached hydrogens (tertiary/aromatic N) is 3. The van der Waals surface area contributed by atoms with E-state index < -0.39 is 6.10 Å².